The highest BCUT2D eigenvalue weighted by molar-refractivity contribution is 5.94. The van der Waals surface area contributed by atoms with Crippen molar-refractivity contribution in [2.45, 2.75) is 45.2 Å². The van der Waals surface area contributed by atoms with Crippen LogP contribution in [-0.2, 0) is 6.54 Å². The highest BCUT2D eigenvalue weighted by Gasteiger charge is 2.34. The fourth-order valence-corrected chi connectivity index (χ4v) is 2.66. The van der Waals surface area contributed by atoms with E-state index in [1.54, 1.807) is 11.0 Å². The average molecular weight is 341 g/mol. The highest BCUT2D eigenvalue weighted by Crippen LogP contribution is 2.32. The standard InChI is InChI=1S/C15H20N4O3.ClH/c1-9(2)14-17-13(18-22-14)12-4-3-5-19(12)15(20)10-6-11(7-16)21-8-10;/h6,8-9,12H,3-5,7,16H2,1-2H3;1H. The second-order valence-corrected chi connectivity index (χ2v) is 5.81. The van der Waals surface area contributed by atoms with E-state index in [2.05, 4.69) is 10.1 Å². The number of furan rings is 1. The Morgan fingerprint density at radius 3 is 2.91 bits per heavy atom. The third kappa shape index (κ3) is 3.40. The predicted octanol–water partition coefficient (Wildman–Crippen LogP) is 2.64. The summed E-state index contributed by atoms with van der Waals surface area (Å²) in [4.78, 5) is 18.8. The molecule has 7 nitrogen and oxygen atoms in total. The number of likely N-dealkylation sites (tertiary alicyclic amines) is 1. The van der Waals surface area contributed by atoms with Crippen LogP contribution in [-0.4, -0.2) is 27.5 Å². The summed E-state index contributed by atoms with van der Waals surface area (Å²) in [5.41, 5.74) is 6.03. The smallest absolute Gasteiger partial charge is 0.257 e. The number of nitrogens with zero attached hydrogens (tertiary/aromatic N) is 3. The second kappa shape index (κ2) is 7.14. The van der Waals surface area contributed by atoms with Crippen LogP contribution in [0.1, 0.15) is 66.5 Å². The van der Waals surface area contributed by atoms with Crippen molar-refractivity contribution < 1.29 is 13.7 Å². The number of carbonyl (C=O) groups is 1. The topological polar surface area (TPSA) is 98.4 Å². The number of halogens is 1. The van der Waals surface area contributed by atoms with Crippen molar-refractivity contribution >= 4 is 18.3 Å². The molecule has 1 saturated heterocycles. The first kappa shape index (κ1) is 17.5. The number of hydrogen-bond donors (Lipinski definition) is 1. The van der Waals surface area contributed by atoms with E-state index in [0.29, 0.717) is 29.6 Å². The Morgan fingerprint density at radius 2 is 2.30 bits per heavy atom. The van der Waals surface area contributed by atoms with Gasteiger partial charge in [0.05, 0.1) is 18.2 Å². The van der Waals surface area contributed by atoms with Gasteiger partial charge in [-0.3, -0.25) is 4.79 Å². The van der Waals surface area contributed by atoms with E-state index in [9.17, 15) is 4.79 Å². The Hall–Kier alpha value is -1.86. The summed E-state index contributed by atoms with van der Waals surface area (Å²) in [5.74, 6) is 1.87. The molecule has 1 unspecified atom stereocenters. The van der Waals surface area contributed by atoms with Gasteiger partial charge in [0.1, 0.15) is 12.0 Å². The molecule has 23 heavy (non-hydrogen) atoms. The van der Waals surface area contributed by atoms with Gasteiger partial charge in [-0.2, -0.15) is 4.98 Å². The lowest BCUT2D eigenvalue weighted by Crippen LogP contribution is -2.30. The molecule has 0 saturated carbocycles. The summed E-state index contributed by atoms with van der Waals surface area (Å²) in [7, 11) is 0. The van der Waals surface area contributed by atoms with Crippen LogP contribution < -0.4 is 5.73 Å². The van der Waals surface area contributed by atoms with Gasteiger partial charge in [0.15, 0.2) is 5.82 Å². The highest BCUT2D eigenvalue weighted by atomic mass is 35.5. The number of nitrogens with two attached hydrogens (primary N) is 1. The largest absolute Gasteiger partial charge is 0.467 e. The van der Waals surface area contributed by atoms with Crippen molar-refractivity contribution in [2.24, 2.45) is 5.73 Å². The predicted molar refractivity (Wildman–Crippen MR) is 85.2 cm³/mol. The van der Waals surface area contributed by atoms with Crippen molar-refractivity contribution in [1.29, 1.82) is 0 Å². The first-order valence-corrected chi connectivity index (χ1v) is 7.52. The molecule has 2 N–H and O–H groups in total. The minimum atomic E-state index is -0.139. The zero-order chi connectivity index (χ0) is 15.7. The molecule has 2 aromatic rings. The molecule has 0 radical (unpaired) electrons. The maximum Gasteiger partial charge on any atom is 0.257 e. The zero-order valence-electron chi connectivity index (χ0n) is 13.2. The lowest BCUT2D eigenvalue weighted by molar-refractivity contribution is 0.0727. The fraction of sp³-hybridized carbons (Fsp3) is 0.533. The Morgan fingerprint density at radius 1 is 1.52 bits per heavy atom. The van der Waals surface area contributed by atoms with Crippen LogP contribution in [0.4, 0.5) is 0 Å². The summed E-state index contributed by atoms with van der Waals surface area (Å²) in [6.45, 7) is 4.95. The van der Waals surface area contributed by atoms with Gasteiger partial charge in [-0.05, 0) is 18.9 Å². The molecular formula is C15H21ClN4O3. The molecule has 2 aromatic heterocycles. The van der Waals surface area contributed by atoms with Crippen LogP contribution in [0.2, 0.25) is 0 Å². The summed E-state index contributed by atoms with van der Waals surface area (Å²) in [5, 5.41) is 4.04. The molecule has 3 rings (SSSR count). The van der Waals surface area contributed by atoms with E-state index in [4.69, 9.17) is 14.7 Å². The third-order valence-electron chi connectivity index (χ3n) is 3.86. The molecule has 126 valence electrons. The van der Waals surface area contributed by atoms with Gasteiger partial charge in [0.25, 0.3) is 5.91 Å². The minimum Gasteiger partial charge on any atom is -0.467 e. The average Bonchev–Trinajstić information content (AvgIpc) is 3.24. The second-order valence-electron chi connectivity index (χ2n) is 5.81. The molecule has 1 aliphatic heterocycles. The van der Waals surface area contributed by atoms with Gasteiger partial charge in [0.2, 0.25) is 5.89 Å². The molecular weight excluding hydrogens is 320 g/mol. The third-order valence-corrected chi connectivity index (χ3v) is 3.86. The molecule has 0 spiro atoms. The number of rotatable bonds is 4. The van der Waals surface area contributed by atoms with Gasteiger partial charge in [-0.25, -0.2) is 0 Å². The number of carbonyl (C=O) groups excluding carboxylic acids is 1. The monoisotopic (exact) mass is 340 g/mol. The maximum atomic E-state index is 12.6. The van der Waals surface area contributed by atoms with Gasteiger partial charge in [0, 0.05) is 12.5 Å². The summed E-state index contributed by atoms with van der Waals surface area (Å²) in [6.07, 6.45) is 3.21. The molecule has 1 fully saturated rings. The Kier molecular flexibility index (Phi) is 5.43. The van der Waals surface area contributed by atoms with Crippen molar-refractivity contribution in [3.8, 4) is 0 Å². The van der Waals surface area contributed by atoms with Crippen LogP contribution in [0, 0.1) is 0 Å². The van der Waals surface area contributed by atoms with Crippen molar-refractivity contribution in [3.63, 3.8) is 0 Å². The van der Waals surface area contributed by atoms with Crippen molar-refractivity contribution in [3.05, 3.63) is 35.4 Å². The number of hydrogen-bond acceptors (Lipinski definition) is 6. The normalized spacial score (nSPS) is 17.6. The van der Waals surface area contributed by atoms with Crippen molar-refractivity contribution in [2.75, 3.05) is 6.54 Å². The molecule has 0 aliphatic carbocycles. The maximum absolute atomic E-state index is 12.6. The lowest BCUT2D eigenvalue weighted by atomic mass is 10.2. The molecule has 1 amide bonds. The van der Waals surface area contributed by atoms with Crippen LogP contribution >= 0.6 is 12.4 Å². The zero-order valence-corrected chi connectivity index (χ0v) is 14.0. The fourth-order valence-electron chi connectivity index (χ4n) is 2.66. The van der Waals surface area contributed by atoms with E-state index in [1.165, 1.54) is 6.26 Å². The molecule has 8 heteroatoms. The Balaban J connectivity index is 0.00000192. The summed E-state index contributed by atoms with van der Waals surface area (Å²) >= 11 is 0. The van der Waals surface area contributed by atoms with Gasteiger partial charge in [-0.15, -0.1) is 12.4 Å². The summed E-state index contributed by atoms with van der Waals surface area (Å²) < 4.78 is 10.5. The minimum absolute atomic E-state index is 0. The van der Waals surface area contributed by atoms with Gasteiger partial charge >= 0.3 is 0 Å². The Bertz CT molecular complexity index is 667. The van der Waals surface area contributed by atoms with E-state index in [0.717, 1.165) is 12.8 Å². The van der Waals surface area contributed by atoms with Gasteiger partial charge in [-0.1, -0.05) is 19.0 Å². The van der Waals surface area contributed by atoms with Crippen LogP contribution in [0.5, 0.6) is 0 Å². The molecule has 1 atom stereocenters. The van der Waals surface area contributed by atoms with Crippen molar-refractivity contribution in [1.82, 2.24) is 15.0 Å². The van der Waals surface area contributed by atoms with Crippen LogP contribution in [0.3, 0.4) is 0 Å². The molecule has 3 heterocycles. The first-order chi connectivity index (χ1) is 10.6. The van der Waals surface area contributed by atoms with E-state index < -0.39 is 0 Å². The quantitative estimate of drug-likeness (QED) is 0.918. The number of aromatic nitrogens is 2. The van der Waals surface area contributed by atoms with Crippen LogP contribution in [0.15, 0.2) is 21.3 Å². The molecule has 0 aromatic carbocycles. The molecule has 1 aliphatic rings. The van der Waals surface area contributed by atoms with E-state index in [-0.39, 0.29) is 36.8 Å². The van der Waals surface area contributed by atoms with E-state index in [1.807, 2.05) is 13.8 Å². The van der Waals surface area contributed by atoms with Gasteiger partial charge < -0.3 is 19.6 Å². The first-order valence-electron chi connectivity index (χ1n) is 7.52. The molecule has 0 bridgehead atoms. The summed E-state index contributed by atoms with van der Waals surface area (Å²) in [6, 6.07) is 1.55. The lowest BCUT2D eigenvalue weighted by Gasteiger charge is -2.21. The number of amides is 1. The Labute approximate surface area is 140 Å². The van der Waals surface area contributed by atoms with Crippen LogP contribution in [0.25, 0.3) is 0 Å². The SMILES string of the molecule is CC(C)c1nc(C2CCCN2C(=O)c2coc(CN)c2)no1.Cl. The van der Waals surface area contributed by atoms with E-state index >= 15 is 0 Å².